The zero-order valence-corrected chi connectivity index (χ0v) is 11.4. The van der Waals surface area contributed by atoms with E-state index in [1.54, 1.807) is 0 Å². The number of carbonyl (C=O) groups is 2. The Morgan fingerprint density at radius 2 is 2.05 bits per heavy atom. The first-order chi connectivity index (χ1) is 9.11. The van der Waals surface area contributed by atoms with Crippen LogP contribution in [0.2, 0.25) is 5.22 Å². The van der Waals surface area contributed by atoms with Crippen molar-refractivity contribution in [1.29, 1.82) is 0 Å². The van der Waals surface area contributed by atoms with Crippen molar-refractivity contribution in [3.8, 4) is 0 Å². The third-order valence-corrected chi connectivity index (χ3v) is 3.75. The van der Waals surface area contributed by atoms with Crippen LogP contribution in [0.3, 0.4) is 0 Å². The number of halogens is 1. The van der Waals surface area contributed by atoms with Gasteiger partial charge in [0.15, 0.2) is 0 Å². The molecule has 0 aliphatic heterocycles. The minimum Gasteiger partial charge on any atom is -0.469 e. The van der Waals surface area contributed by atoms with Crippen LogP contribution in [-0.4, -0.2) is 25.0 Å². The Hall–Kier alpha value is -1.49. The molecule has 6 heteroatoms. The first-order valence-electron chi connectivity index (χ1n) is 6.23. The Morgan fingerprint density at radius 3 is 2.58 bits per heavy atom. The predicted molar refractivity (Wildman–Crippen MR) is 68.9 cm³/mol. The molecule has 1 aliphatic carbocycles. The van der Waals surface area contributed by atoms with E-state index in [1.165, 1.54) is 19.4 Å². The van der Waals surface area contributed by atoms with E-state index in [-0.39, 0.29) is 29.1 Å². The van der Waals surface area contributed by atoms with Gasteiger partial charge in [-0.2, -0.15) is 0 Å². The first kappa shape index (κ1) is 13.9. The fourth-order valence-electron chi connectivity index (χ4n) is 2.36. The molecule has 1 aliphatic rings. The summed E-state index contributed by atoms with van der Waals surface area (Å²) in [4.78, 5) is 23.3. The molecule has 0 spiro atoms. The lowest BCUT2D eigenvalue weighted by atomic mass is 9.86. The van der Waals surface area contributed by atoms with Crippen LogP contribution in [-0.2, 0) is 9.53 Å². The monoisotopic (exact) mass is 285 g/mol. The van der Waals surface area contributed by atoms with E-state index >= 15 is 0 Å². The van der Waals surface area contributed by atoms with E-state index in [4.69, 9.17) is 20.8 Å². The maximum atomic E-state index is 11.9. The molecule has 5 nitrogen and oxygen atoms in total. The molecule has 0 radical (unpaired) electrons. The number of carbonyl (C=O) groups excluding carboxylic acids is 2. The molecule has 1 amide bonds. The average molecular weight is 286 g/mol. The van der Waals surface area contributed by atoms with Crippen molar-refractivity contribution in [2.24, 2.45) is 5.92 Å². The van der Waals surface area contributed by atoms with Gasteiger partial charge in [0.2, 0.25) is 5.22 Å². The number of amides is 1. The van der Waals surface area contributed by atoms with Gasteiger partial charge in [-0.1, -0.05) is 0 Å². The fourth-order valence-corrected chi connectivity index (χ4v) is 2.56. The lowest BCUT2D eigenvalue weighted by Crippen LogP contribution is -2.38. The van der Waals surface area contributed by atoms with Gasteiger partial charge in [-0.3, -0.25) is 9.59 Å². The van der Waals surface area contributed by atoms with Crippen LogP contribution < -0.4 is 5.32 Å². The van der Waals surface area contributed by atoms with Crippen molar-refractivity contribution in [3.63, 3.8) is 0 Å². The molecule has 1 heterocycles. The number of rotatable bonds is 3. The smallest absolute Gasteiger partial charge is 0.308 e. The van der Waals surface area contributed by atoms with E-state index in [2.05, 4.69) is 5.32 Å². The van der Waals surface area contributed by atoms with Crippen molar-refractivity contribution in [2.75, 3.05) is 7.11 Å². The van der Waals surface area contributed by atoms with Crippen molar-refractivity contribution >= 4 is 23.5 Å². The molecule has 1 fully saturated rings. The number of hydrogen-bond donors (Lipinski definition) is 1. The van der Waals surface area contributed by atoms with Crippen LogP contribution in [0.25, 0.3) is 0 Å². The summed E-state index contributed by atoms with van der Waals surface area (Å²) in [5.74, 6) is -0.446. The lowest BCUT2D eigenvalue weighted by Gasteiger charge is -2.27. The van der Waals surface area contributed by atoms with E-state index in [1.807, 2.05) is 0 Å². The van der Waals surface area contributed by atoms with Gasteiger partial charge in [-0.25, -0.2) is 0 Å². The van der Waals surface area contributed by atoms with Crippen LogP contribution in [0.4, 0.5) is 0 Å². The Morgan fingerprint density at radius 1 is 1.37 bits per heavy atom. The van der Waals surface area contributed by atoms with E-state index in [9.17, 15) is 9.59 Å². The maximum Gasteiger partial charge on any atom is 0.308 e. The quantitative estimate of drug-likeness (QED) is 0.866. The molecule has 0 aromatic carbocycles. The number of methoxy groups -OCH3 is 1. The van der Waals surface area contributed by atoms with Gasteiger partial charge in [0, 0.05) is 6.04 Å². The third-order valence-electron chi connectivity index (χ3n) is 3.46. The van der Waals surface area contributed by atoms with Crippen LogP contribution >= 0.6 is 11.6 Å². The number of furan rings is 1. The second-order valence-corrected chi connectivity index (χ2v) is 5.00. The average Bonchev–Trinajstić information content (AvgIpc) is 2.85. The predicted octanol–water partition coefficient (Wildman–Crippen LogP) is 2.39. The number of hydrogen-bond acceptors (Lipinski definition) is 4. The second kappa shape index (κ2) is 6.10. The molecule has 2 rings (SSSR count). The Labute approximate surface area is 116 Å². The summed E-state index contributed by atoms with van der Waals surface area (Å²) >= 11 is 5.75. The SMILES string of the molecule is COC(=O)C1CCC(NC(=O)c2ccoc2Cl)CC1. The molecule has 104 valence electrons. The highest BCUT2D eigenvalue weighted by atomic mass is 35.5. The van der Waals surface area contributed by atoms with Crippen molar-refractivity contribution in [2.45, 2.75) is 31.7 Å². The molecule has 0 unspecified atom stereocenters. The largest absolute Gasteiger partial charge is 0.469 e. The lowest BCUT2D eigenvalue weighted by molar-refractivity contribution is -0.146. The normalized spacial score (nSPS) is 22.8. The maximum absolute atomic E-state index is 11.9. The summed E-state index contributed by atoms with van der Waals surface area (Å²) in [6.45, 7) is 0. The molecule has 0 atom stereocenters. The molecule has 0 saturated heterocycles. The number of nitrogens with one attached hydrogen (secondary N) is 1. The molecule has 19 heavy (non-hydrogen) atoms. The summed E-state index contributed by atoms with van der Waals surface area (Å²) in [6, 6.07) is 1.61. The van der Waals surface area contributed by atoms with Gasteiger partial charge in [0.25, 0.3) is 5.91 Å². The van der Waals surface area contributed by atoms with Crippen LogP contribution in [0.5, 0.6) is 0 Å². The molecule has 0 bridgehead atoms. The molecule has 1 aromatic heterocycles. The van der Waals surface area contributed by atoms with Gasteiger partial charge < -0.3 is 14.5 Å². The zero-order chi connectivity index (χ0) is 13.8. The summed E-state index contributed by atoms with van der Waals surface area (Å²) in [5, 5.41) is 3.00. The molecule has 1 saturated carbocycles. The molecular formula is C13H16ClNO4. The van der Waals surface area contributed by atoms with Gasteiger partial charge in [-0.05, 0) is 43.4 Å². The summed E-state index contributed by atoms with van der Waals surface area (Å²) in [6.07, 6.45) is 4.38. The van der Waals surface area contributed by atoms with Gasteiger partial charge in [0.1, 0.15) is 0 Å². The van der Waals surface area contributed by atoms with Crippen molar-refractivity contribution < 1.29 is 18.7 Å². The minimum atomic E-state index is -0.236. The molecule has 1 aromatic rings. The molecule has 1 N–H and O–H groups in total. The highest BCUT2D eigenvalue weighted by molar-refractivity contribution is 6.32. The van der Waals surface area contributed by atoms with Gasteiger partial charge >= 0.3 is 5.97 Å². The number of esters is 1. The van der Waals surface area contributed by atoms with E-state index < -0.39 is 0 Å². The number of ether oxygens (including phenoxy) is 1. The highest BCUT2D eigenvalue weighted by Crippen LogP contribution is 2.26. The van der Waals surface area contributed by atoms with Crippen LogP contribution in [0, 0.1) is 5.92 Å². The fraction of sp³-hybridized carbons (Fsp3) is 0.538. The summed E-state index contributed by atoms with van der Waals surface area (Å²) in [7, 11) is 1.40. The highest BCUT2D eigenvalue weighted by Gasteiger charge is 2.28. The minimum absolute atomic E-state index is 0.0457. The Bertz CT molecular complexity index is 463. The van der Waals surface area contributed by atoms with Crippen LogP contribution in [0.1, 0.15) is 36.0 Å². The summed E-state index contributed by atoms with van der Waals surface area (Å²) in [5.41, 5.74) is 0.344. The van der Waals surface area contributed by atoms with E-state index in [0.29, 0.717) is 5.56 Å². The molecular weight excluding hydrogens is 270 g/mol. The standard InChI is InChI=1S/C13H16ClNO4/c1-18-13(17)8-2-4-9(5-3-8)15-12(16)10-6-7-19-11(10)14/h6-9H,2-5H2,1H3,(H,15,16). The van der Waals surface area contributed by atoms with E-state index in [0.717, 1.165) is 25.7 Å². The second-order valence-electron chi connectivity index (χ2n) is 4.65. The van der Waals surface area contributed by atoms with Gasteiger partial charge in [-0.15, -0.1) is 0 Å². The Balaban J connectivity index is 1.85. The van der Waals surface area contributed by atoms with Gasteiger partial charge in [0.05, 0.1) is 24.9 Å². The summed E-state index contributed by atoms with van der Waals surface area (Å²) < 4.78 is 9.61. The Kier molecular flexibility index (Phi) is 4.47. The first-order valence-corrected chi connectivity index (χ1v) is 6.61. The van der Waals surface area contributed by atoms with Crippen molar-refractivity contribution in [1.82, 2.24) is 5.32 Å². The topological polar surface area (TPSA) is 68.5 Å². The van der Waals surface area contributed by atoms with Crippen LogP contribution in [0.15, 0.2) is 16.7 Å². The van der Waals surface area contributed by atoms with Crippen molar-refractivity contribution in [3.05, 3.63) is 23.1 Å². The third kappa shape index (κ3) is 3.29. The zero-order valence-electron chi connectivity index (χ0n) is 10.6.